The van der Waals surface area contributed by atoms with Gasteiger partial charge in [-0.3, -0.25) is 0 Å². The van der Waals surface area contributed by atoms with Crippen molar-refractivity contribution in [2.24, 2.45) is 0 Å². The molecule has 3 rings (SSSR count). The smallest absolute Gasteiger partial charge is 0.149 e. The van der Waals surface area contributed by atoms with Crippen LogP contribution in [-0.4, -0.2) is 29.0 Å². The fraction of sp³-hybridized carbons (Fsp3) is 0.188. The Morgan fingerprint density at radius 1 is 1.14 bits per heavy atom. The molecule has 0 fully saturated rings. The van der Waals surface area contributed by atoms with E-state index in [0.717, 1.165) is 11.4 Å². The number of nitrogens with zero attached hydrogens (tertiary/aromatic N) is 4. The molecule has 0 aliphatic rings. The van der Waals surface area contributed by atoms with Crippen LogP contribution in [0.3, 0.4) is 0 Å². The summed E-state index contributed by atoms with van der Waals surface area (Å²) in [6.45, 7) is 0.575. The third-order valence-corrected chi connectivity index (χ3v) is 3.34. The molecule has 0 bridgehead atoms. The van der Waals surface area contributed by atoms with Crippen LogP contribution in [0.2, 0.25) is 0 Å². The van der Waals surface area contributed by atoms with Crippen molar-refractivity contribution >= 4 is 22.5 Å². The average Bonchev–Trinajstić information content (AvgIpc) is 2.53. The highest BCUT2D eigenvalue weighted by Gasteiger charge is 2.07. The van der Waals surface area contributed by atoms with Crippen molar-refractivity contribution in [1.29, 1.82) is 0 Å². The maximum atomic E-state index is 13.7. The van der Waals surface area contributed by atoms with Gasteiger partial charge in [-0.25, -0.2) is 19.3 Å². The van der Waals surface area contributed by atoms with E-state index in [2.05, 4.69) is 20.3 Å². The standard InChI is InChI=1S/C16H16FN5/c1-22(2)14-8-11(6-7-18-14)9-19-16-12-4-3-5-13(17)15(12)20-10-21-16/h3-8,10H,9H2,1-2H3,(H,19,20,21). The summed E-state index contributed by atoms with van der Waals surface area (Å²) in [5, 5.41) is 3.90. The number of aromatic nitrogens is 3. The first-order valence-electron chi connectivity index (χ1n) is 6.90. The van der Waals surface area contributed by atoms with Crippen molar-refractivity contribution in [1.82, 2.24) is 15.0 Å². The number of rotatable bonds is 4. The van der Waals surface area contributed by atoms with Crippen molar-refractivity contribution in [2.75, 3.05) is 24.3 Å². The van der Waals surface area contributed by atoms with E-state index < -0.39 is 0 Å². The van der Waals surface area contributed by atoms with Gasteiger partial charge in [0.25, 0.3) is 0 Å². The van der Waals surface area contributed by atoms with E-state index in [1.54, 1.807) is 18.3 Å². The van der Waals surface area contributed by atoms with E-state index in [9.17, 15) is 4.39 Å². The van der Waals surface area contributed by atoms with Crippen molar-refractivity contribution in [3.8, 4) is 0 Å². The Hall–Kier alpha value is -2.76. The summed E-state index contributed by atoms with van der Waals surface area (Å²) < 4.78 is 13.7. The van der Waals surface area contributed by atoms with Crippen LogP contribution < -0.4 is 10.2 Å². The zero-order valence-corrected chi connectivity index (χ0v) is 12.4. The summed E-state index contributed by atoms with van der Waals surface area (Å²) in [5.74, 6) is 1.16. The number of benzene rings is 1. The highest BCUT2D eigenvalue weighted by atomic mass is 19.1. The molecule has 6 heteroatoms. The van der Waals surface area contributed by atoms with Gasteiger partial charge in [-0.1, -0.05) is 6.07 Å². The van der Waals surface area contributed by atoms with Crippen molar-refractivity contribution in [3.63, 3.8) is 0 Å². The molecular formula is C16H16FN5. The second kappa shape index (κ2) is 5.93. The number of para-hydroxylation sites is 1. The first kappa shape index (κ1) is 14.2. The molecule has 0 saturated carbocycles. The van der Waals surface area contributed by atoms with Gasteiger partial charge in [-0.2, -0.15) is 0 Å². The zero-order chi connectivity index (χ0) is 15.5. The second-order valence-corrected chi connectivity index (χ2v) is 5.13. The van der Waals surface area contributed by atoms with Gasteiger partial charge in [0.05, 0.1) is 0 Å². The molecule has 112 valence electrons. The Labute approximate surface area is 127 Å². The van der Waals surface area contributed by atoms with Gasteiger partial charge < -0.3 is 10.2 Å². The molecule has 0 amide bonds. The molecule has 0 saturated heterocycles. The molecule has 0 spiro atoms. The quantitative estimate of drug-likeness (QED) is 0.802. The van der Waals surface area contributed by atoms with E-state index in [1.807, 2.05) is 31.1 Å². The lowest BCUT2D eigenvalue weighted by molar-refractivity contribution is 0.636. The van der Waals surface area contributed by atoms with E-state index in [0.29, 0.717) is 23.3 Å². The third-order valence-electron chi connectivity index (χ3n) is 3.34. The fourth-order valence-corrected chi connectivity index (χ4v) is 2.19. The van der Waals surface area contributed by atoms with E-state index in [1.165, 1.54) is 12.4 Å². The lowest BCUT2D eigenvalue weighted by atomic mass is 10.2. The normalized spacial score (nSPS) is 10.7. The Kier molecular flexibility index (Phi) is 3.82. The molecule has 2 heterocycles. The molecule has 1 aromatic carbocycles. The lowest BCUT2D eigenvalue weighted by Crippen LogP contribution is -2.11. The minimum atomic E-state index is -0.346. The number of hydrogen-bond donors (Lipinski definition) is 1. The maximum absolute atomic E-state index is 13.7. The topological polar surface area (TPSA) is 53.9 Å². The predicted octanol–water partition coefficient (Wildman–Crippen LogP) is 2.84. The number of nitrogens with one attached hydrogen (secondary N) is 1. The molecule has 2 aromatic heterocycles. The Bertz CT molecular complexity index is 803. The van der Waals surface area contributed by atoms with Gasteiger partial charge in [0, 0.05) is 32.2 Å². The lowest BCUT2D eigenvalue weighted by Gasteiger charge is -2.13. The summed E-state index contributed by atoms with van der Waals surface area (Å²) in [6, 6.07) is 8.79. The van der Waals surface area contributed by atoms with E-state index >= 15 is 0 Å². The van der Waals surface area contributed by atoms with E-state index in [4.69, 9.17) is 0 Å². The molecule has 0 unspecified atom stereocenters. The van der Waals surface area contributed by atoms with Crippen molar-refractivity contribution in [3.05, 3.63) is 54.2 Å². The van der Waals surface area contributed by atoms with Gasteiger partial charge in [0.1, 0.15) is 29.3 Å². The second-order valence-electron chi connectivity index (χ2n) is 5.13. The maximum Gasteiger partial charge on any atom is 0.149 e. The van der Waals surface area contributed by atoms with Gasteiger partial charge in [0.2, 0.25) is 0 Å². The molecule has 0 radical (unpaired) electrons. The van der Waals surface area contributed by atoms with Crippen LogP contribution in [0.4, 0.5) is 16.0 Å². The zero-order valence-electron chi connectivity index (χ0n) is 12.4. The van der Waals surface area contributed by atoms with Crippen LogP contribution in [0, 0.1) is 5.82 Å². The summed E-state index contributed by atoms with van der Waals surface area (Å²) in [7, 11) is 3.89. The van der Waals surface area contributed by atoms with Gasteiger partial charge >= 0.3 is 0 Å². The van der Waals surface area contributed by atoms with Crippen LogP contribution in [-0.2, 0) is 6.54 Å². The van der Waals surface area contributed by atoms with Crippen LogP contribution in [0.5, 0.6) is 0 Å². The molecule has 5 nitrogen and oxygen atoms in total. The van der Waals surface area contributed by atoms with Crippen molar-refractivity contribution < 1.29 is 4.39 Å². The van der Waals surface area contributed by atoms with Crippen LogP contribution >= 0.6 is 0 Å². The van der Waals surface area contributed by atoms with E-state index in [-0.39, 0.29) is 5.82 Å². The highest BCUT2D eigenvalue weighted by molar-refractivity contribution is 5.89. The minimum absolute atomic E-state index is 0.323. The molecule has 1 N–H and O–H groups in total. The van der Waals surface area contributed by atoms with Crippen LogP contribution in [0.15, 0.2) is 42.9 Å². The SMILES string of the molecule is CN(C)c1cc(CNc2ncnc3c(F)cccc23)ccn1. The molecular weight excluding hydrogens is 281 g/mol. The summed E-state index contributed by atoms with van der Waals surface area (Å²) in [5.41, 5.74) is 1.39. The number of halogens is 1. The van der Waals surface area contributed by atoms with Crippen molar-refractivity contribution in [2.45, 2.75) is 6.54 Å². The first-order valence-corrected chi connectivity index (χ1v) is 6.90. The number of hydrogen-bond acceptors (Lipinski definition) is 5. The summed E-state index contributed by atoms with van der Waals surface area (Å²) >= 11 is 0. The Morgan fingerprint density at radius 3 is 2.82 bits per heavy atom. The van der Waals surface area contributed by atoms with Gasteiger partial charge in [0.15, 0.2) is 0 Å². The summed E-state index contributed by atoms with van der Waals surface area (Å²) in [4.78, 5) is 14.4. The summed E-state index contributed by atoms with van der Waals surface area (Å²) in [6.07, 6.45) is 3.13. The third kappa shape index (κ3) is 2.81. The molecule has 0 atom stereocenters. The minimum Gasteiger partial charge on any atom is -0.365 e. The Morgan fingerprint density at radius 2 is 2.00 bits per heavy atom. The van der Waals surface area contributed by atoms with Gasteiger partial charge in [-0.05, 0) is 29.8 Å². The highest BCUT2D eigenvalue weighted by Crippen LogP contribution is 2.22. The molecule has 0 aliphatic carbocycles. The average molecular weight is 297 g/mol. The fourth-order valence-electron chi connectivity index (χ4n) is 2.19. The van der Waals surface area contributed by atoms with Crippen LogP contribution in [0.1, 0.15) is 5.56 Å². The molecule has 22 heavy (non-hydrogen) atoms. The Balaban J connectivity index is 1.85. The monoisotopic (exact) mass is 297 g/mol. The first-order chi connectivity index (χ1) is 10.6. The molecule has 0 aliphatic heterocycles. The number of pyridine rings is 1. The molecule has 3 aromatic rings. The predicted molar refractivity (Wildman–Crippen MR) is 85.4 cm³/mol. The van der Waals surface area contributed by atoms with Gasteiger partial charge in [-0.15, -0.1) is 0 Å². The number of anilines is 2. The number of fused-ring (bicyclic) bond motifs is 1. The largest absolute Gasteiger partial charge is 0.365 e. The van der Waals surface area contributed by atoms with Crippen LogP contribution in [0.25, 0.3) is 10.9 Å².